The van der Waals surface area contributed by atoms with Crippen LogP contribution in [0.5, 0.6) is 0 Å². The molecule has 0 unspecified atom stereocenters. The van der Waals surface area contributed by atoms with E-state index in [9.17, 15) is 9.18 Å². The number of benzene rings is 1. The van der Waals surface area contributed by atoms with Crippen LogP contribution in [-0.2, 0) is 0 Å². The Hall–Kier alpha value is -2.84. The number of hydrogen-bond acceptors (Lipinski definition) is 6. The van der Waals surface area contributed by atoms with Crippen LogP contribution in [0.2, 0.25) is 0 Å². The second kappa shape index (κ2) is 8.26. The molecule has 0 atom stereocenters. The number of piperazine rings is 1. The van der Waals surface area contributed by atoms with Crippen molar-refractivity contribution in [3.8, 4) is 10.6 Å². The Balaban J connectivity index is 1.45. The smallest absolute Gasteiger partial charge is 0.267 e. The first-order chi connectivity index (χ1) is 14.0. The highest BCUT2D eigenvalue weighted by Gasteiger charge is 2.18. The van der Waals surface area contributed by atoms with E-state index in [1.807, 2.05) is 12.1 Å². The highest BCUT2D eigenvalue weighted by Crippen LogP contribution is 2.28. The maximum absolute atomic E-state index is 13.1. The number of aromatic nitrogens is 2. The van der Waals surface area contributed by atoms with E-state index in [4.69, 9.17) is 0 Å². The highest BCUT2D eigenvalue weighted by atomic mass is 32.1. The molecular weight excluding hydrogens is 389 g/mol. The first kappa shape index (κ1) is 19.5. The molecule has 1 saturated heterocycles. The number of carbonyl (C=O) groups excluding carboxylic acids is 1. The van der Waals surface area contributed by atoms with Crippen LogP contribution >= 0.6 is 11.3 Å². The molecule has 150 valence electrons. The average molecular weight is 412 g/mol. The minimum atomic E-state index is -0.299. The van der Waals surface area contributed by atoms with Crippen LogP contribution in [0.1, 0.15) is 15.4 Å². The number of hydrogen-bond donors (Lipinski definition) is 1. The Labute approximate surface area is 173 Å². The van der Waals surface area contributed by atoms with E-state index in [0.29, 0.717) is 21.3 Å². The predicted molar refractivity (Wildman–Crippen MR) is 114 cm³/mol. The van der Waals surface area contributed by atoms with E-state index in [-0.39, 0.29) is 11.7 Å². The number of rotatable bonds is 4. The monoisotopic (exact) mass is 411 g/mol. The van der Waals surface area contributed by atoms with Crippen LogP contribution in [0, 0.1) is 12.7 Å². The molecule has 0 aliphatic carbocycles. The molecule has 1 aliphatic rings. The van der Waals surface area contributed by atoms with Gasteiger partial charge in [0, 0.05) is 31.7 Å². The molecule has 4 rings (SSSR count). The van der Waals surface area contributed by atoms with Crippen molar-refractivity contribution in [1.82, 2.24) is 14.9 Å². The van der Waals surface area contributed by atoms with Gasteiger partial charge in [0.25, 0.3) is 5.91 Å². The van der Waals surface area contributed by atoms with Crippen molar-refractivity contribution in [3.05, 3.63) is 59.0 Å². The van der Waals surface area contributed by atoms with Gasteiger partial charge in [0.15, 0.2) is 0 Å². The molecule has 1 aromatic carbocycles. The number of anilines is 2. The largest absolute Gasteiger partial charge is 0.354 e. The Morgan fingerprint density at radius 1 is 1.10 bits per heavy atom. The fraction of sp³-hybridized carbons (Fsp3) is 0.286. The normalized spacial score (nSPS) is 14.8. The summed E-state index contributed by atoms with van der Waals surface area (Å²) in [6.45, 7) is 5.72. The van der Waals surface area contributed by atoms with E-state index in [1.54, 1.807) is 25.3 Å². The van der Waals surface area contributed by atoms with E-state index in [0.717, 1.165) is 37.6 Å². The summed E-state index contributed by atoms with van der Waals surface area (Å²) in [7, 11) is 2.12. The number of likely N-dealkylation sites (N-methyl/N-ethyl adjacent to an activating group) is 1. The zero-order valence-corrected chi connectivity index (χ0v) is 17.2. The molecular formula is C21H22FN5OS. The summed E-state index contributed by atoms with van der Waals surface area (Å²) in [6.07, 6.45) is 1.68. The molecule has 1 N–H and O–H groups in total. The molecule has 1 aliphatic heterocycles. The topological polar surface area (TPSA) is 61.4 Å². The Morgan fingerprint density at radius 2 is 1.83 bits per heavy atom. The van der Waals surface area contributed by atoms with Crippen molar-refractivity contribution in [3.63, 3.8) is 0 Å². The van der Waals surface area contributed by atoms with Crippen molar-refractivity contribution in [2.24, 2.45) is 0 Å². The summed E-state index contributed by atoms with van der Waals surface area (Å²) < 4.78 is 13.1. The number of carbonyl (C=O) groups is 1. The van der Waals surface area contributed by atoms with Crippen molar-refractivity contribution >= 4 is 28.7 Å². The number of pyridine rings is 1. The SMILES string of the molecule is Cc1nc(-c2ccc(F)cc2)sc1C(=O)Nc1ccc(N2CCN(C)CC2)nc1. The fourth-order valence-electron chi connectivity index (χ4n) is 3.19. The number of nitrogens with zero attached hydrogens (tertiary/aromatic N) is 4. The number of thiazole rings is 1. The molecule has 0 radical (unpaired) electrons. The van der Waals surface area contributed by atoms with E-state index < -0.39 is 0 Å². The molecule has 3 aromatic rings. The van der Waals surface area contributed by atoms with Gasteiger partial charge in [-0.3, -0.25) is 4.79 Å². The first-order valence-electron chi connectivity index (χ1n) is 9.44. The van der Waals surface area contributed by atoms with Gasteiger partial charge in [-0.2, -0.15) is 0 Å². The van der Waals surface area contributed by atoms with Crippen molar-refractivity contribution in [2.45, 2.75) is 6.92 Å². The van der Waals surface area contributed by atoms with Crippen LogP contribution in [0.15, 0.2) is 42.6 Å². The van der Waals surface area contributed by atoms with Crippen LogP contribution in [0.25, 0.3) is 10.6 Å². The lowest BCUT2D eigenvalue weighted by Crippen LogP contribution is -2.44. The molecule has 1 fully saturated rings. The molecule has 2 aromatic heterocycles. The Kier molecular flexibility index (Phi) is 5.55. The van der Waals surface area contributed by atoms with E-state index in [2.05, 4.69) is 32.1 Å². The van der Waals surface area contributed by atoms with Crippen molar-refractivity contribution < 1.29 is 9.18 Å². The van der Waals surface area contributed by atoms with Gasteiger partial charge in [-0.05, 0) is 50.4 Å². The fourth-order valence-corrected chi connectivity index (χ4v) is 4.16. The number of amides is 1. The minimum absolute atomic E-state index is 0.220. The first-order valence-corrected chi connectivity index (χ1v) is 10.3. The van der Waals surface area contributed by atoms with Crippen LogP contribution < -0.4 is 10.2 Å². The van der Waals surface area contributed by atoms with Gasteiger partial charge in [0.05, 0.1) is 17.6 Å². The molecule has 0 bridgehead atoms. The minimum Gasteiger partial charge on any atom is -0.354 e. The van der Waals surface area contributed by atoms with Crippen LogP contribution in [0.4, 0.5) is 15.9 Å². The molecule has 1 amide bonds. The maximum atomic E-state index is 13.1. The van der Waals surface area contributed by atoms with Crippen molar-refractivity contribution in [1.29, 1.82) is 0 Å². The zero-order chi connectivity index (χ0) is 20.4. The van der Waals surface area contributed by atoms with Gasteiger partial charge in [0.2, 0.25) is 0 Å². The Morgan fingerprint density at radius 3 is 2.48 bits per heavy atom. The maximum Gasteiger partial charge on any atom is 0.267 e. The third-order valence-electron chi connectivity index (χ3n) is 4.93. The van der Waals surface area contributed by atoms with Crippen molar-refractivity contribution in [2.75, 3.05) is 43.4 Å². The second-order valence-electron chi connectivity index (χ2n) is 7.09. The zero-order valence-electron chi connectivity index (χ0n) is 16.4. The summed E-state index contributed by atoms with van der Waals surface area (Å²) in [5, 5.41) is 3.58. The summed E-state index contributed by atoms with van der Waals surface area (Å²) in [4.78, 5) is 26.8. The lowest BCUT2D eigenvalue weighted by molar-refractivity contribution is 0.102. The molecule has 29 heavy (non-hydrogen) atoms. The van der Waals surface area contributed by atoms with Crippen LogP contribution in [0.3, 0.4) is 0 Å². The third-order valence-corrected chi connectivity index (χ3v) is 6.13. The lowest BCUT2D eigenvalue weighted by atomic mass is 10.2. The quantitative estimate of drug-likeness (QED) is 0.710. The number of nitrogens with one attached hydrogen (secondary N) is 1. The van der Waals surface area contributed by atoms with E-state index in [1.165, 1.54) is 23.5 Å². The van der Waals surface area contributed by atoms with Crippen LogP contribution in [-0.4, -0.2) is 54.0 Å². The number of halogens is 1. The Bertz CT molecular complexity index is 995. The van der Waals surface area contributed by atoms with Gasteiger partial charge in [0.1, 0.15) is 21.5 Å². The molecule has 8 heteroatoms. The average Bonchev–Trinajstić information content (AvgIpc) is 3.11. The molecule has 3 heterocycles. The van der Waals surface area contributed by atoms with Gasteiger partial charge in [-0.25, -0.2) is 14.4 Å². The highest BCUT2D eigenvalue weighted by molar-refractivity contribution is 7.17. The summed E-state index contributed by atoms with van der Waals surface area (Å²) in [6, 6.07) is 9.91. The molecule has 6 nitrogen and oxygen atoms in total. The summed E-state index contributed by atoms with van der Waals surface area (Å²) in [5.41, 5.74) is 2.08. The molecule has 0 spiro atoms. The lowest BCUT2D eigenvalue weighted by Gasteiger charge is -2.33. The molecule has 0 saturated carbocycles. The van der Waals surface area contributed by atoms with Gasteiger partial charge in [-0.1, -0.05) is 0 Å². The van der Waals surface area contributed by atoms with Gasteiger partial charge >= 0.3 is 0 Å². The predicted octanol–water partition coefficient (Wildman–Crippen LogP) is 3.66. The standard InChI is InChI=1S/C21H22FN5OS/c1-14-19(29-21(24-14)15-3-5-16(22)6-4-15)20(28)25-17-7-8-18(23-13-17)27-11-9-26(2)10-12-27/h3-8,13H,9-12H2,1-2H3,(H,25,28). The second-order valence-corrected chi connectivity index (χ2v) is 8.09. The third kappa shape index (κ3) is 4.44. The number of aryl methyl sites for hydroxylation is 1. The van der Waals surface area contributed by atoms with E-state index >= 15 is 0 Å². The van der Waals surface area contributed by atoms with Gasteiger partial charge < -0.3 is 15.1 Å². The summed E-state index contributed by atoms with van der Waals surface area (Å²) in [5.74, 6) is 0.402. The summed E-state index contributed by atoms with van der Waals surface area (Å²) >= 11 is 1.29. The van der Waals surface area contributed by atoms with Gasteiger partial charge in [-0.15, -0.1) is 11.3 Å².